The highest BCUT2D eigenvalue weighted by Crippen LogP contribution is 2.37. The molecule has 7 nitrogen and oxygen atoms in total. The van der Waals surface area contributed by atoms with Gasteiger partial charge >= 0.3 is 0 Å². The average molecular weight is 275 g/mol. The summed E-state index contributed by atoms with van der Waals surface area (Å²) in [6, 6.07) is 0. The number of H-pyrrole nitrogens is 1. The van der Waals surface area contributed by atoms with Gasteiger partial charge in [-0.1, -0.05) is 0 Å². The maximum absolute atomic E-state index is 11.6. The van der Waals surface area contributed by atoms with Crippen LogP contribution in [0.4, 0.5) is 5.82 Å². The van der Waals surface area contributed by atoms with Crippen molar-refractivity contribution in [3.8, 4) is 0 Å². The summed E-state index contributed by atoms with van der Waals surface area (Å²) in [4.78, 5) is 26.4. The number of hydrogen-bond donors (Lipinski definition) is 2. The molecule has 0 atom stereocenters. The van der Waals surface area contributed by atoms with Crippen LogP contribution in [0.1, 0.15) is 25.7 Å². The van der Waals surface area contributed by atoms with Gasteiger partial charge in [-0.05, 0) is 25.7 Å². The summed E-state index contributed by atoms with van der Waals surface area (Å²) in [7, 11) is 1.76. The van der Waals surface area contributed by atoms with E-state index in [1.807, 2.05) is 0 Å². The van der Waals surface area contributed by atoms with Crippen molar-refractivity contribution in [2.75, 3.05) is 19.0 Å². The molecule has 2 N–H and O–H groups in total. The molecule has 20 heavy (non-hydrogen) atoms. The zero-order valence-electron chi connectivity index (χ0n) is 11.3. The number of aromatic nitrogens is 4. The zero-order chi connectivity index (χ0) is 14.0. The van der Waals surface area contributed by atoms with Gasteiger partial charge in [0.05, 0.1) is 18.1 Å². The van der Waals surface area contributed by atoms with E-state index >= 15 is 0 Å². The van der Waals surface area contributed by atoms with Gasteiger partial charge in [0.1, 0.15) is 5.82 Å². The number of methoxy groups -OCH3 is 1. The highest BCUT2D eigenvalue weighted by Gasteiger charge is 2.36. The van der Waals surface area contributed by atoms with E-state index in [1.54, 1.807) is 13.3 Å². The third-order valence-electron chi connectivity index (χ3n) is 3.94. The SMILES string of the molecule is COC1(CCNc2cnc3nc[nH]c(=O)c3n2)CCC1. The van der Waals surface area contributed by atoms with Crippen LogP contribution < -0.4 is 10.9 Å². The van der Waals surface area contributed by atoms with E-state index in [2.05, 4.69) is 25.3 Å². The van der Waals surface area contributed by atoms with E-state index in [1.165, 1.54) is 12.7 Å². The van der Waals surface area contributed by atoms with Crippen molar-refractivity contribution in [2.45, 2.75) is 31.3 Å². The number of ether oxygens (including phenoxy) is 1. The number of anilines is 1. The molecule has 1 aliphatic rings. The second kappa shape index (κ2) is 5.16. The second-order valence-electron chi connectivity index (χ2n) is 5.08. The number of fused-ring (bicyclic) bond motifs is 1. The number of nitrogens with one attached hydrogen (secondary N) is 2. The fraction of sp³-hybridized carbons (Fsp3) is 0.538. The Morgan fingerprint density at radius 1 is 1.45 bits per heavy atom. The molecule has 1 aliphatic carbocycles. The van der Waals surface area contributed by atoms with Gasteiger partial charge in [-0.3, -0.25) is 4.79 Å². The molecule has 0 aromatic carbocycles. The fourth-order valence-corrected chi connectivity index (χ4v) is 2.48. The third-order valence-corrected chi connectivity index (χ3v) is 3.94. The van der Waals surface area contributed by atoms with Gasteiger partial charge < -0.3 is 15.0 Å². The van der Waals surface area contributed by atoms with Crippen LogP contribution >= 0.6 is 0 Å². The first-order valence-electron chi connectivity index (χ1n) is 6.72. The lowest BCUT2D eigenvalue weighted by molar-refractivity contribution is -0.0748. The third kappa shape index (κ3) is 2.36. The Bertz CT molecular complexity index is 660. The van der Waals surface area contributed by atoms with Gasteiger partial charge in [-0.25, -0.2) is 15.0 Å². The van der Waals surface area contributed by atoms with Crippen LogP contribution in [-0.2, 0) is 4.74 Å². The molecule has 2 aromatic rings. The van der Waals surface area contributed by atoms with Crippen molar-refractivity contribution in [3.63, 3.8) is 0 Å². The molecule has 0 saturated heterocycles. The van der Waals surface area contributed by atoms with Crippen LogP contribution in [0.5, 0.6) is 0 Å². The highest BCUT2D eigenvalue weighted by atomic mass is 16.5. The maximum atomic E-state index is 11.6. The molecule has 1 saturated carbocycles. The summed E-state index contributed by atoms with van der Waals surface area (Å²) in [5.41, 5.74) is 0.351. The second-order valence-corrected chi connectivity index (χ2v) is 5.08. The topological polar surface area (TPSA) is 92.8 Å². The summed E-state index contributed by atoms with van der Waals surface area (Å²) in [5.74, 6) is 0.585. The number of aromatic amines is 1. The maximum Gasteiger partial charge on any atom is 0.278 e. The van der Waals surface area contributed by atoms with Crippen molar-refractivity contribution in [1.29, 1.82) is 0 Å². The van der Waals surface area contributed by atoms with Crippen LogP contribution in [0.25, 0.3) is 11.2 Å². The van der Waals surface area contributed by atoms with Crippen molar-refractivity contribution in [3.05, 3.63) is 22.9 Å². The first-order chi connectivity index (χ1) is 9.72. The van der Waals surface area contributed by atoms with Gasteiger partial charge in [-0.15, -0.1) is 0 Å². The van der Waals surface area contributed by atoms with Crippen molar-refractivity contribution >= 4 is 17.0 Å². The molecule has 2 heterocycles. The normalized spacial score (nSPS) is 16.9. The summed E-state index contributed by atoms with van der Waals surface area (Å²) >= 11 is 0. The first kappa shape index (κ1) is 13.0. The molecule has 1 fully saturated rings. The van der Waals surface area contributed by atoms with Gasteiger partial charge in [-0.2, -0.15) is 0 Å². The van der Waals surface area contributed by atoms with Crippen LogP contribution in [-0.4, -0.2) is 39.2 Å². The molecule has 2 aromatic heterocycles. The van der Waals surface area contributed by atoms with Crippen LogP contribution in [0, 0.1) is 0 Å². The van der Waals surface area contributed by atoms with Crippen LogP contribution in [0.15, 0.2) is 17.3 Å². The van der Waals surface area contributed by atoms with E-state index in [0.29, 0.717) is 11.5 Å². The highest BCUT2D eigenvalue weighted by molar-refractivity contribution is 5.69. The molecule has 0 spiro atoms. The molecule has 0 unspecified atom stereocenters. The minimum atomic E-state index is -0.279. The standard InChI is InChI=1S/C13H17N5O2/c1-20-13(3-2-4-13)5-6-14-9-7-15-11-10(18-9)12(19)17-8-16-11/h7-8H,2-6H2,1H3,(H,14,18)(H,15,16,17,19). The molecule has 0 bridgehead atoms. The molecule has 0 aliphatic heterocycles. The molecule has 106 valence electrons. The zero-order valence-corrected chi connectivity index (χ0v) is 11.3. The summed E-state index contributed by atoms with van der Waals surface area (Å²) in [6.07, 6.45) is 7.29. The molecule has 3 rings (SSSR count). The smallest absolute Gasteiger partial charge is 0.278 e. The van der Waals surface area contributed by atoms with Crippen molar-refractivity contribution in [2.24, 2.45) is 0 Å². The Hall–Kier alpha value is -2.02. The van der Waals surface area contributed by atoms with E-state index in [-0.39, 0.29) is 16.7 Å². The summed E-state index contributed by atoms with van der Waals surface area (Å²) < 4.78 is 5.56. The van der Waals surface area contributed by atoms with Crippen LogP contribution in [0.3, 0.4) is 0 Å². The van der Waals surface area contributed by atoms with Gasteiger partial charge in [0.15, 0.2) is 11.2 Å². The van der Waals surface area contributed by atoms with Crippen molar-refractivity contribution in [1.82, 2.24) is 19.9 Å². The van der Waals surface area contributed by atoms with E-state index < -0.39 is 0 Å². The Kier molecular flexibility index (Phi) is 3.35. The predicted octanol–water partition coefficient (Wildman–Crippen LogP) is 1.08. The molecule has 0 amide bonds. The Morgan fingerprint density at radius 2 is 2.30 bits per heavy atom. The molecule has 7 heteroatoms. The van der Waals surface area contributed by atoms with Gasteiger partial charge in [0.2, 0.25) is 0 Å². The minimum absolute atomic E-state index is 0.0241. The Morgan fingerprint density at radius 3 is 3.00 bits per heavy atom. The quantitative estimate of drug-likeness (QED) is 0.848. The lowest BCUT2D eigenvalue weighted by Gasteiger charge is -2.40. The molecular weight excluding hydrogens is 258 g/mol. The summed E-state index contributed by atoms with van der Waals surface area (Å²) in [5, 5.41) is 3.19. The van der Waals surface area contributed by atoms with E-state index in [9.17, 15) is 4.79 Å². The van der Waals surface area contributed by atoms with Crippen molar-refractivity contribution < 1.29 is 4.74 Å². The van der Waals surface area contributed by atoms with Gasteiger partial charge in [0, 0.05) is 13.7 Å². The van der Waals surface area contributed by atoms with Crippen LogP contribution in [0.2, 0.25) is 0 Å². The molecular formula is C13H17N5O2. The Labute approximate surface area is 115 Å². The van der Waals surface area contributed by atoms with E-state index in [4.69, 9.17) is 4.74 Å². The number of hydrogen-bond acceptors (Lipinski definition) is 6. The van der Waals surface area contributed by atoms with E-state index in [0.717, 1.165) is 25.8 Å². The Balaban J connectivity index is 1.69. The molecule has 0 radical (unpaired) electrons. The average Bonchev–Trinajstić information content (AvgIpc) is 2.43. The first-order valence-corrected chi connectivity index (χ1v) is 6.72. The van der Waals surface area contributed by atoms with Gasteiger partial charge in [0.25, 0.3) is 5.56 Å². The lowest BCUT2D eigenvalue weighted by Crippen LogP contribution is -2.40. The summed E-state index contributed by atoms with van der Waals surface area (Å²) in [6.45, 7) is 0.742. The predicted molar refractivity (Wildman–Crippen MR) is 74.7 cm³/mol. The minimum Gasteiger partial charge on any atom is -0.378 e. The monoisotopic (exact) mass is 275 g/mol. The number of nitrogens with zero attached hydrogens (tertiary/aromatic N) is 3. The number of rotatable bonds is 5. The fourth-order valence-electron chi connectivity index (χ4n) is 2.48. The largest absolute Gasteiger partial charge is 0.378 e. The lowest BCUT2D eigenvalue weighted by atomic mass is 9.77.